The molecule has 5 rings (SSSR count). The van der Waals surface area contributed by atoms with Crippen molar-refractivity contribution in [1.82, 2.24) is 24.8 Å². The average Bonchev–Trinajstić information content (AvgIpc) is 3.41. The maximum atomic E-state index is 5.06. The number of imidazole rings is 1. The second-order valence-corrected chi connectivity index (χ2v) is 7.64. The maximum Gasteiger partial charge on any atom is 0.223 e. The van der Waals surface area contributed by atoms with Crippen LogP contribution in [0, 0.1) is 13.8 Å². The molecule has 0 aliphatic carbocycles. The molecule has 0 aliphatic heterocycles. The molecule has 3 heterocycles. The third-order valence-corrected chi connectivity index (χ3v) is 5.34. The van der Waals surface area contributed by atoms with Gasteiger partial charge in [0.05, 0.1) is 5.69 Å². The quantitative estimate of drug-likeness (QED) is 0.429. The SMILES string of the molecule is Cc1nc(-c2ccc(-c3ccc(CNCc4cn5c(C)cccc5n4)cc3)cc2)no1. The number of pyridine rings is 1. The Balaban J connectivity index is 1.21. The van der Waals surface area contributed by atoms with Gasteiger partial charge in [-0.25, -0.2) is 4.98 Å². The first-order valence-electron chi connectivity index (χ1n) is 10.3. The standard InChI is InChI=1S/C25H23N5O/c1-17-4-3-5-24-28-23(16-30(17)24)15-26-14-19-6-8-20(9-7-19)21-10-12-22(13-11-21)25-27-18(2)31-29-25/h3-13,16,26H,14-15H2,1-2H3. The Morgan fingerprint density at radius 2 is 1.52 bits per heavy atom. The molecule has 0 saturated carbocycles. The molecule has 3 aromatic heterocycles. The van der Waals surface area contributed by atoms with Crippen molar-refractivity contribution in [3.05, 3.63) is 95.8 Å². The highest BCUT2D eigenvalue weighted by atomic mass is 16.5. The molecule has 6 heteroatoms. The Bertz CT molecular complexity index is 1320. The molecular formula is C25H23N5O. The van der Waals surface area contributed by atoms with Crippen LogP contribution < -0.4 is 5.32 Å². The van der Waals surface area contributed by atoms with Crippen molar-refractivity contribution in [2.24, 2.45) is 0 Å². The highest BCUT2D eigenvalue weighted by Gasteiger charge is 2.07. The van der Waals surface area contributed by atoms with E-state index in [0.717, 1.165) is 35.6 Å². The number of hydrogen-bond donors (Lipinski definition) is 1. The van der Waals surface area contributed by atoms with Crippen molar-refractivity contribution in [1.29, 1.82) is 0 Å². The zero-order valence-electron chi connectivity index (χ0n) is 17.5. The third kappa shape index (κ3) is 4.11. The van der Waals surface area contributed by atoms with E-state index in [1.807, 2.05) is 24.3 Å². The summed E-state index contributed by atoms with van der Waals surface area (Å²) in [7, 11) is 0. The predicted octanol–water partition coefficient (Wildman–Crippen LogP) is 4.96. The van der Waals surface area contributed by atoms with Crippen molar-refractivity contribution >= 4 is 5.65 Å². The van der Waals surface area contributed by atoms with E-state index < -0.39 is 0 Å². The monoisotopic (exact) mass is 409 g/mol. The molecule has 2 aromatic carbocycles. The zero-order chi connectivity index (χ0) is 21.2. The lowest BCUT2D eigenvalue weighted by Gasteiger charge is -2.06. The molecule has 0 saturated heterocycles. The average molecular weight is 409 g/mol. The predicted molar refractivity (Wildman–Crippen MR) is 120 cm³/mol. The molecule has 1 N–H and O–H groups in total. The molecule has 0 atom stereocenters. The van der Waals surface area contributed by atoms with Gasteiger partial charge in [-0.15, -0.1) is 0 Å². The Kier molecular flexibility index (Phi) is 5.06. The fraction of sp³-hybridized carbons (Fsp3) is 0.160. The van der Waals surface area contributed by atoms with Gasteiger partial charge in [0.2, 0.25) is 11.7 Å². The van der Waals surface area contributed by atoms with Crippen LogP contribution in [0.2, 0.25) is 0 Å². The largest absolute Gasteiger partial charge is 0.339 e. The van der Waals surface area contributed by atoms with Crippen molar-refractivity contribution in [2.45, 2.75) is 26.9 Å². The van der Waals surface area contributed by atoms with Crippen LogP contribution in [0.3, 0.4) is 0 Å². The van der Waals surface area contributed by atoms with Crippen molar-refractivity contribution in [3.8, 4) is 22.5 Å². The molecule has 0 spiro atoms. The van der Waals surface area contributed by atoms with Gasteiger partial charge in [0.15, 0.2) is 0 Å². The Hall–Kier alpha value is -3.77. The first kappa shape index (κ1) is 19.2. The molecular weight excluding hydrogens is 386 g/mol. The molecule has 0 fully saturated rings. The summed E-state index contributed by atoms with van der Waals surface area (Å²) >= 11 is 0. The van der Waals surface area contributed by atoms with E-state index in [4.69, 9.17) is 4.52 Å². The third-order valence-electron chi connectivity index (χ3n) is 5.34. The van der Waals surface area contributed by atoms with E-state index in [-0.39, 0.29) is 0 Å². The molecule has 0 aliphatic rings. The zero-order valence-corrected chi connectivity index (χ0v) is 17.5. The van der Waals surface area contributed by atoms with Gasteiger partial charge in [0.1, 0.15) is 5.65 Å². The lowest BCUT2D eigenvalue weighted by atomic mass is 10.0. The van der Waals surface area contributed by atoms with E-state index in [1.165, 1.54) is 16.8 Å². The number of aromatic nitrogens is 4. The highest BCUT2D eigenvalue weighted by molar-refractivity contribution is 5.67. The van der Waals surface area contributed by atoms with Crippen LogP contribution in [0.5, 0.6) is 0 Å². The lowest BCUT2D eigenvalue weighted by molar-refractivity contribution is 0.394. The molecule has 5 aromatic rings. The van der Waals surface area contributed by atoms with Crippen LogP contribution in [-0.4, -0.2) is 19.5 Å². The summed E-state index contributed by atoms with van der Waals surface area (Å²) in [5.74, 6) is 1.19. The van der Waals surface area contributed by atoms with E-state index >= 15 is 0 Å². The van der Waals surface area contributed by atoms with Crippen molar-refractivity contribution in [2.75, 3.05) is 0 Å². The molecule has 0 bridgehead atoms. The smallest absolute Gasteiger partial charge is 0.223 e. The van der Waals surface area contributed by atoms with Gasteiger partial charge >= 0.3 is 0 Å². The van der Waals surface area contributed by atoms with Crippen LogP contribution >= 0.6 is 0 Å². The van der Waals surface area contributed by atoms with Gasteiger partial charge in [-0.1, -0.05) is 59.8 Å². The van der Waals surface area contributed by atoms with E-state index in [9.17, 15) is 0 Å². The molecule has 0 unspecified atom stereocenters. The minimum atomic E-state index is 0.569. The van der Waals surface area contributed by atoms with Crippen LogP contribution in [0.25, 0.3) is 28.2 Å². The summed E-state index contributed by atoms with van der Waals surface area (Å²) in [6.45, 7) is 5.41. The van der Waals surface area contributed by atoms with Gasteiger partial charge in [-0.3, -0.25) is 0 Å². The topological polar surface area (TPSA) is 68.2 Å². The summed E-state index contributed by atoms with van der Waals surface area (Å²) < 4.78 is 7.18. The summed E-state index contributed by atoms with van der Waals surface area (Å²) in [4.78, 5) is 8.95. The number of benzene rings is 2. The number of hydrogen-bond acceptors (Lipinski definition) is 5. The Morgan fingerprint density at radius 3 is 2.19 bits per heavy atom. The number of aryl methyl sites for hydroxylation is 2. The lowest BCUT2D eigenvalue weighted by Crippen LogP contribution is -2.12. The second-order valence-electron chi connectivity index (χ2n) is 7.64. The van der Waals surface area contributed by atoms with Crippen LogP contribution in [0.15, 0.2) is 77.4 Å². The maximum absolute atomic E-state index is 5.06. The summed E-state index contributed by atoms with van der Waals surface area (Å²) in [6.07, 6.45) is 2.10. The van der Waals surface area contributed by atoms with Gasteiger partial charge in [-0.05, 0) is 35.7 Å². The fourth-order valence-electron chi connectivity index (χ4n) is 3.66. The van der Waals surface area contributed by atoms with Crippen molar-refractivity contribution < 1.29 is 4.52 Å². The number of nitrogens with zero attached hydrogens (tertiary/aromatic N) is 4. The van der Waals surface area contributed by atoms with Crippen LogP contribution in [0.1, 0.15) is 22.8 Å². The molecule has 0 radical (unpaired) electrons. The van der Waals surface area contributed by atoms with Crippen molar-refractivity contribution in [3.63, 3.8) is 0 Å². The molecule has 31 heavy (non-hydrogen) atoms. The van der Waals surface area contributed by atoms with Gasteiger partial charge in [0, 0.05) is 37.5 Å². The second kappa shape index (κ2) is 8.16. The minimum absolute atomic E-state index is 0.569. The molecule has 154 valence electrons. The van der Waals surface area contributed by atoms with E-state index in [1.54, 1.807) is 6.92 Å². The summed E-state index contributed by atoms with van der Waals surface area (Å²) in [5.41, 5.74) is 7.74. The Labute approximate surface area is 180 Å². The van der Waals surface area contributed by atoms with Gasteiger partial charge < -0.3 is 14.2 Å². The molecule has 6 nitrogen and oxygen atoms in total. The number of nitrogens with one attached hydrogen (secondary N) is 1. The van der Waals surface area contributed by atoms with Gasteiger partial charge in [-0.2, -0.15) is 4.98 Å². The first-order valence-corrected chi connectivity index (χ1v) is 10.3. The summed E-state index contributed by atoms with van der Waals surface area (Å²) in [5, 5.41) is 7.45. The van der Waals surface area contributed by atoms with Crippen LogP contribution in [-0.2, 0) is 13.1 Å². The molecule has 0 amide bonds. The van der Waals surface area contributed by atoms with Crippen LogP contribution in [0.4, 0.5) is 0 Å². The van der Waals surface area contributed by atoms with Gasteiger partial charge in [0.25, 0.3) is 0 Å². The Morgan fingerprint density at radius 1 is 0.806 bits per heavy atom. The highest BCUT2D eigenvalue weighted by Crippen LogP contribution is 2.24. The summed E-state index contributed by atoms with van der Waals surface area (Å²) in [6, 6.07) is 23.0. The minimum Gasteiger partial charge on any atom is -0.339 e. The fourth-order valence-corrected chi connectivity index (χ4v) is 3.66. The van der Waals surface area contributed by atoms with E-state index in [2.05, 4.69) is 80.4 Å². The normalized spacial score (nSPS) is 11.3. The first-order chi connectivity index (χ1) is 15.2. The van der Waals surface area contributed by atoms with E-state index in [0.29, 0.717) is 11.7 Å². The number of rotatable bonds is 6. The number of fused-ring (bicyclic) bond motifs is 1.